The highest BCUT2D eigenvalue weighted by molar-refractivity contribution is 7.09. The number of benzene rings is 1. The van der Waals surface area contributed by atoms with Crippen LogP contribution < -0.4 is 4.74 Å². The van der Waals surface area contributed by atoms with Gasteiger partial charge in [-0.1, -0.05) is 12.1 Å². The fraction of sp³-hybridized carbons (Fsp3) is 0.480. The van der Waals surface area contributed by atoms with Crippen molar-refractivity contribution in [3.05, 3.63) is 52.0 Å². The van der Waals surface area contributed by atoms with Gasteiger partial charge in [-0.05, 0) is 62.8 Å². The predicted molar refractivity (Wildman–Crippen MR) is 126 cm³/mol. The van der Waals surface area contributed by atoms with E-state index in [-0.39, 0.29) is 17.7 Å². The van der Waals surface area contributed by atoms with Crippen molar-refractivity contribution in [2.45, 2.75) is 45.6 Å². The Morgan fingerprint density at radius 2 is 1.91 bits per heavy atom. The fourth-order valence-corrected chi connectivity index (χ4v) is 4.93. The van der Waals surface area contributed by atoms with Crippen LogP contribution in [0.25, 0.3) is 6.08 Å². The smallest absolute Gasteiger partial charge is 0.246 e. The van der Waals surface area contributed by atoms with Crippen LogP contribution in [0.5, 0.6) is 5.75 Å². The number of aryl methyl sites for hydroxylation is 1. The SMILES string of the molecule is Cc1nc(COc2cccc(C=CC(=O)N3CCC(C(=O)N4CCCCC4)CC3)c2)cs1. The van der Waals surface area contributed by atoms with Gasteiger partial charge in [0.2, 0.25) is 11.8 Å². The van der Waals surface area contributed by atoms with E-state index in [4.69, 9.17) is 4.74 Å². The second-order valence-corrected chi connectivity index (χ2v) is 9.60. The molecule has 3 heterocycles. The predicted octanol–water partition coefficient (Wildman–Crippen LogP) is 4.29. The normalized spacial score (nSPS) is 17.7. The molecular weight excluding hydrogens is 422 g/mol. The Morgan fingerprint density at radius 3 is 2.62 bits per heavy atom. The van der Waals surface area contributed by atoms with Gasteiger partial charge in [-0.3, -0.25) is 9.59 Å². The van der Waals surface area contributed by atoms with Crippen molar-refractivity contribution < 1.29 is 14.3 Å². The number of carbonyl (C=O) groups is 2. The number of hydrogen-bond donors (Lipinski definition) is 0. The van der Waals surface area contributed by atoms with Crippen LogP contribution in [0, 0.1) is 12.8 Å². The number of amides is 2. The molecule has 32 heavy (non-hydrogen) atoms. The molecule has 1 aromatic carbocycles. The molecule has 4 rings (SSSR count). The Kier molecular flexibility index (Phi) is 7.58. The molecule has 2 aliphatic rings. The summed E-state index contributed by atoms with van der Waals surface area (Å²) in [5.41, 5.74) is 1.84. The van der Waals surface area contributed by atoms with Crippen LogP contribution in [-0.2, 0) is 16.2 Å². The van der Waals surface area contributed by atoms with Gasteiger partial charge in [-0.2, -0.15) is 0 Å². The number of aromatic nitrogens is 1. The minimum absolute atomic E-state index is 0.00172. The first-order valence-corrected chi connectivity index (χ1v) is 12.4. The molecule has 170 valence electrons. The molecule has 2 fully saturated rings. The number of carbonyl (C=O) groups excluding carboxylic acids is 2. The molecule has 0 unspecified atom stereocenters. The number of rotatable bonds is 6. The molecule has 7 heteroatoms. The van der Waals surface area contributed by atoms with Crippen molar-refractivity contribution in [3.8, 4) is 5.75 Å². The maximum Gasteiger partial charge on any atom is 0.246 e. The van der Waals surface area contributed by atoms with E-state index in [9.17, 15) is 9.59 Å². The van der Waals surface area contributed by atoms with E-state index in [1.807, 2.05) is 52.4 Å². The van der Waals surface area contributed by atoms with Crippen LogP contribution in [0.15, 0.2) is 35.7 Å². The first-order valence-electron chi connectivity index (χ1n) is 11.5. The maximum absolute atomic E-state index is 12.7. The third kappa shape index (κ3) is 5.97. The molecule has 0 atom stereocenters. The topological polar surface area (TPSA) is 62.7 Å². The highest BCUT2D eigenvalue weighted by atomic mass is 32.1. The zero-order valence-corrected chi connectivity index (χ0v) is 19.5. The minimum atomic E-state index is -0.00172. The van der Waals surface area contributed by atoms with Crippen LogP contribution in [0.2, 0.25) is 0 Å². The van der Waals surface area contributed by atoms with Gasteiger partial charge in [-0.25, -0.2) is 4.98 Å². The molecule has 2 amide bonds. The van der Waals surface area contributed by atoms with Gasteiger partial charge >= 0.3 is 0 Å². The van der Waals surface area contributed by atoms with E-state index >= 15 is 0 Å². The maximum atomic E-state index is 12.7. The van der Waals surface area contributed by atoms with E-state index < -0.39 is 0 Å². The van der Waals surface area contributed by atoms with Crippen LogP contribution in [-0.4, -0.2) is 52.8 Å². The Labute approximate surface area is 193 Å². The molecule has 0 bridgehead atoms. The van der Waals surface area contributed by atoms with Crippen LogP contribution in [0.4, 0.5) is 0 Å². The van der Waals surface area contributed by atoms with E-state index in [1.165, 1.54) is 6.42 Å². The largest absolute Gasteiger partial charge is 0.487 e. The highest BCUT2D eigenvalue weighted by Crippen LogP contribution is 2.22. The van der Waals surface area contributed by atoms with Gasteiger partial charge in [0, 0.05) is 43.6 Å². The van der Waals surface area contributed by atoms with Crippen LogP contribution >= 0.6 is 11.3 Å². The molecule has 6 nitrogen and oxygen atoms in total. The summed E-state index contributed by atoms with van der Waals surface area (Å²) in [5.74, 6) is 1.11. The Bertz CT molecular complexity index is 957. The zero-order valence-electron chi connectivity index (χ0n) is 18.7. The molecule has 0 saturated carbocycles. The van der Waals surface area contributed by atoms with Gasteiger partial charge < -0.3 is 14.5 Å². The summed E-state index contributed by atoms with van der Waals surface area (Å²) in [6, 6.07) is 7.70. The summed E-state index contributed by atoms with van der Waals surface area (Å²) in [4.78, 5) is 33.6. The molecular formula is C25H31N3O3S. The quantitative estimate of drug-likeness (QED) is 0.612. The Morgan fingerprint density at radius 1 is 1.12 bits per heavy atom. The Hall–Kier alpha value is -2.67. The molecule has 2 aromatic rings. The van der Waals surface area contributed by atoms with Crippen molar-refractivity contribution in [2.24, 2.45) is 5.92 Å². The van der Waals surface area contributed by atoms with Crippen molar-refractivity contribution in [1.82, 2.24) is 14.8 Å². The molecule has 0 aliphatic carbocycles. The number of thiazole rings is 1. The fourth-order valence-electron chi connectivity index (χ4n) is 4.33. The second-order valence-electron chi connectivity index (χ2n) is 8.54. The second kappa shape index (κ2) is 10.8. The number of hydrogen-bond acceptors (Lipinski definition) is 5. The standard InChI is InChI=1S/C25H31N3O3S/c1-19-26-22(18-32-19)17-31-23-7-5-6-20(16-23)8-9-24(29)27-14-10-21(11-15-27)25(30)28-12-3-2-4-13-28/h5-9,16,18,21H,2-4,10-15,17H2,1H3. The first kappa shape index (κ1) is 22.5. The van der Waals surface area contributed by atoms with E-state index in [1.54, 1.807) is 17.4 Å². The van der Waals surface area contributed by atoms with Crippen molar-refractivity contribution in [2.75, 3.05) is 26.2 Å². The average molecular weight is 454 g/mol. The summed E-state index contributed by atoms with van der Waals surface area (Å²) in [7, 11) is 0. The summed E-state index contributed by atoms with van der Waals surface area (Å²) in [6.45, 7) is 5.49. The van der Waals surface area contributed by atoms with E-state index in [0.29, 0.717) is 19.7 Å². The average Bonchev–Trinajstić information content (AvgIpc) is 3.27. The van der Waals surface area contributed by atoms with Gasteiger partial charge in [0.05, 0.1) is 10.7 Å². The number of piperidine rings is 2. The number of ether oxygens (including phenoxy) is 1. The lowest BCUT2D eigenvalue weighted by Gasteiger charge is -2.35. The lowest BCUT2D eigenvalue weighted by molar-refractivity contribution is -0.140. The summed E-state index contributed by atoms with van der Waals surface area (Å²) in [6.07, 6.45) is 8.42. The Balaban J connectivity index is 1.26. The zero-order chi connectivity index (χ0) is 22.3. The third-order valence-electron chi connectivity index (χ3n) is 6.15. The molecule has 1 aromatic heterocycles. The van der Waals surface area contributed by atoms with E-state index in [0.717, 1.165) is 60.8 Å². The lowest BCUT2D eigenvalue weighted by Crippen LogP contribution is -2.45. The summed E-state index contributed by atoms with van der Waals surface area (Å²) < 4.78 is 5.83. The third-order valence-corrected chi connectivity index (χ3v) is 6.98. The van der Waals surface area contributed by atoms with Crippen molar-refractivity contribution in [3.63, 3.8) is 0 Å². The summed E-state index contributed by atoms with van der Waals surface area (Å²) in [5, 5.41) is 3.03. The molecule has 2 aliphatic heterocycles. The highest BCUT2D eigenvalue weighted by Gasteiger charge is 2.30. The molecule has 0 radical (unpaired) electrons. The van der Waals surface area contributed by atoms with Crippen molar-refractivity contribution in [1.29, 1.82) is 0 Å². The monoisotopic (exact) mass is 453 g/mol. The summed E-state index contributed by atoms with van der Waals surface area (Å²) >= 11 is 1.61. The van der Waals surface area contributed by atoms with Gasteiger partial charge in [0.15, 0.2) is 0 Å². The van der Waals surface area contributed by atoms with Crippen LogP contribution in [0.1, 0.15) is 48.4 Å². The molecule has 2 saturated heterocycles. The number of nitrogens with zero attached hydrogens (tertiary/aromatic N) is 3. The van der Waals surface area contributed by atoms with E-state index in [2.05, 4.69) is 4.98 Å². The minimum Gasteiger partial charge on any atom is -0.487 e. The van der Waals surface area contributed by atoms with Gasteiger partial charge in [0.1, 0.15) is 12.4 Å². The number of likely N-dealkylation sites (tertiary alicyclic amines) is 2. The lowest BCUT2D eigenvalue weighted by atomic mass is 9.94. The van der Waals surface area contributed by atoms with Crippen LogP contribution in [0.3, 0.4) is 0 Å². The van der Waals surface area contributed by atoms with Gasteiger partial charge in [0.25, 0.3) is 0 Å². The van der Waals surface area contributed by atoms with Crippen molar-refractivity contribution >= 4 is 29.2 Å². The first-order chi connectivity index (χ1) is 15.6. The van der Waals surface area contributed by atoms with Gasteiger partial charge in [-0.15, -0.1) is 11.3 Å². The molecule has 0 spiro atoms. The molecule has 0 N–H and O–H groups in total.